The van der Waals surface area contributed by atoms with Gasteiger partial charge < -0.3 is 10.2 Å². The van der Waals surface area contributed by atoms with Crippen molar-refractivity contribution in [2.75, 3.05) is 18.0 Å². The van der Waals surface area contributed by atoms with E-state index in [1.807, 2.05) is 11.0 Å². The molecule has 2 aromatic rings. The maximum atomic E-state index is 12.6. The second-order valence-corrected chi connectivity index (χ2v) is 5.67. The van der Waals surface area contributed by atoms with E-state index in [9.17, 15) is 18.0 Å². The van der Waals surface area contributed by atoms with Gasteiger partial charge in [-0.2, -0.15) is 13.2 Å². The Morgan fingerprint density at radius 1 is 1.17 bits per heavy atom. The van der Waals surface area contributed by atoms with Gasteiger partial charge in [0.05, 0.1) is 5.56 Å². The number of amides is 1. The highest BCUT2D eigenvalue weighted by molar-refractivity contribution is 5.94. The second kappa shape index (κ2) is 6.51. The largest absolute Gasteiger partial charge is 0.417 e. The van der Waals surface area contributed by atoms with Gasteiger partial charge in [0.15, 0.2) is 0 Å². The van der Waals surface area contributed by atoms with Gasteiger partial charge >= 0.3 is 6.18 Å². The Labute approximate surface area is 137 Å². The molecule has 2 heterocycles. The van der Waals surface area contributed by atoms with E-state index in [1.165, 1.54) is 6.07 Å². The highest BCUT2D eigenvalue weighted by Gasteiger charge is 2.31. The number of alkyl halides is 3. The number of hydrogen-bond donors (Lipinski definition) is 1. The number of halogens is 3. The molecule has 0 saturated carbocycles. The molecule has 1 saturated heterocycles. The van der Waals surface area contributed by atoms with Crippen LogP contribution in [0, 0.1) is 0 Å². The summed E-state index contributed by atoms with van der Waals surface area (Å²) in [5.41, 5.74) is -0.178. The summed E-state index contributed by atoms with van der Waals surface area (Å²) in [4.78, 5) is 17.9. The molecule has 0 aliphatic carbocycles. The first-order valence-corrected chi connectivity index (χ1v) is 7.57. The fourth-order valence-corrected chi connectivity index (χ4v) is 2.69. The molecule has 3 rings (SSSR count). The average Bonchev–Trinajstić information content (AvgIpc) is 3.03. The Morgan fingerprint density at radius 2 is 1.92 bits per heavy atom. The van der Waals surface area contributed by atoms with E-state index in [-0.39, 0.29) is 11.9 Å². The van der Waals surface area contributed by atoms with Crippen molar-refractivity contribution >= 4 is 11.7 Å². The smallest absolute Gasteiger partial charge is 0.354 e. The summed E-state index contributed by atoms with van der Waals surface area (Å²) in [7, 11) is 0. The lowest BCUT2D eigenvalue weighted by molar-refractivity contribution is -0.137. The van der Waals surface area contributed by atoms with Gasteiger partial charge in [-0.25, -0.2) is 4.98 Å². The van der Waals surface area contributed by atoms with E-state index >= 15 is 0 Å². The van der Waals surface area contributed by atoms with Gasteiger partial charge in [0, 0.05) is 30.9 Å². The molecule has 126 valence electrons. The van der Waals surface area contributed by atoms with Crippen molar-refractivity contribution in [1.82, 2.24) is 10.3 Å². The summed E-state index contributed by atoms with van der Waals surface area (Å²) in [6, 6.07) is 11.2. The molecule has 4 nitrogen and oxygen atoms in total. The predicted molar refractivity (Wildman–Crippen MR) is 83.8 cm³/mol. The summed E-state index contributed by atoms with van der Waals surface area (Å²) in [5, 5.41) is 2.94. The van der Waals surface area contributed by atoms with E-state index in [2.05, 4.69) is 10.3 Å². The molecule has 1 atom stereocenters. The number of aromatic nitrogens is 1. The number of nitrogens with one attached hydrogen (secondary N) is 1. The number of benzene rings is 1. The van der Waals surface area contributed by atoms with Crippen LogP contribution in [0.5, 0.6) is 0 Å². The maximum absolute atomic E-state index is 12.6. The van der Waals surface area contributed by atoms with Gasteiger partial charge in [0.25, 0.3) is 5.91 Å². The summed E-state index contributed by atoms with van der Waals surface area (Å²) in [6.45, 7) is 1.16. The van der Waals surface area contributed by atoms with E-state index in [0.29, 0.717) is 24.5 Å². The lowest BCUT2D eigenvalue weighted by Crippen LogP contribution is -2.37. The molecule has 24 heavy (non-hydrogen) atoms. The van der Waals surface area contributed by atoms with Gasteiger partial charge in [0.1, 0.15) is 5.82 Å². The molecule has 7 heteroatoms. The van der Waals surface area contributed by atoms with E-state index in [1.54, 1.807) is 24.3 Å². The molecular weight excluding hydrogens is 319 g/mol. The third kappa shape index (κ3) is 3.67. The van der Waals surface area contributed by atoms with Crippen LogP contribution in [-0.4, -0.2) is 30.0 Å². The van der Waals surface area contributed by atoms with Crippen LogP contribution in [0.1, 0.15) is 22.3 Å². The summed E-state index contributed by atoms with van der Waals surface area (Å²) in [6.07, 6.45) is -2.82. The van der Waals surface area contributed by atoms with Crippen molar-refractivity contribution in [3.8, 4) is 0 Å². The number of pyridine rings is 1. The maximum Gasteiger partial charge on any atom is 0.417 e. The first-order chi connectivity index (χ1) is 11.4. The van der Waals surface area contributed by atoms with Crippen molar-refractivity contribution in [3.05, 3.63) is 59.8 Å². The highest BCUT2D eigenvalue weighted by atomic mass is 19.4. The summed E-state index contributed by atoms with van der Waals surface area (Å²) >= 11 is 0. The quantitative estimate of drug-likeness (QED) is 0.937. The third-order valence-corrected chi connectivity index (χ3v) is 3.96. The number of carbonyl (C=O) groups excluding carboxylic acids is 1. The molecule has 1 unspecified atom stereocenters. The minimum Gasteiger partial charge on any atom is -0.354 e. The van der Waals surface area contributed by atoms with Crippen LogP contribution in [0.4, 0.5) is 19.0 Å². The molecule has 0 radical (unpaired) electrons. The SMILES string of the molecule is O=C(NC1CCN(c2ccc(C(F)(F)F)cn2)C1)c1ccccc1. The minimum absolute atomic E-state index is 0.0539. The van der Waals surface area contributed by atoms with Crippen LogP contribution in [0.15, 0.2) is 48.7 Å². The Bertz CT molecular complexity index is 701. The highest BCUT2D eigenvalue weighted by Crippen LogP contribution is 2.29. The van der Waals surface area contributed by atoms with Crippen LogP contribution >= 0.6 is 0 Å². The molecule has 1 aromatic heterocycles. The number of rotatable bonds is 3. The van der Waals surface area contributed by atoms with E-state index < -0.39 is 11.7 Å². The minimum atomic E-state index is -4.39. The lowest BCUT2D eigenvalue weighted by atomic mass is 10.2. The van der Waals surface area contributed by atoms with Gasteiger partial charge in [-0.05, 0) is 30.7 Å². The molecule has 0 spiro atoms. The third-order valence-electron chi connectivity index (χ3n) is 3.96. The average molecular weight is 335 g/mol. The van der Waals surface area contributed by atoms with Gasteiger partial charge in [-0.15, -0.1) is 0 Å². The van der Waals surface area contributed by atoms with Crippen LogP contribution in [0.2, 0.25) is 0 Å². The molecule has 1 aromatic carbocycles. The molecule has 1 aliphatic heterocycles. The zero-order valence-electron chi connectivity index (χ0n) is 12.8. The van der Waals surface area contributed by atoms with Crippen molar-refractivity contribution in [2.24, 2.45) is 0 Å². The van der Waals surface area contributed by atoms with Crippen LogP contribution < -0.4 is 10.2 Å². The fraction of sp³-hybridized carbons (Fsp3) is 0.294. The van der Waals surface area contributed by atoms with Gasteiger partial charge in [-0.3, -0.25) is 4.79 Å². The second-order valence-electron chi connectivity index (χ2n) is 5.67. The Kier molecular flexibility index (Phi) is 4.42. The van der Waals surface area contributed by atoms with Gasteiger partial charge in [0.2, 0.25) is 0 Å². The molecule has 0 bridgehead atoms. The van der Waals surface area contributed by atoms with Crippen molar-refractivity contribution in [3.63, 3.8) is 0 Å². The zero-order chi connectivity index (χ0) is 17.2. The molecule has 1 amide bonds. The van der Waals surface area contributed by atoms with E-state index in [4.69, 9.17) is 0 Å². The summed E-state index contributed by atoms with van der Waals surface area (Å²) < 4.78 is 37.7. The van der Waals surface area contributed by atoms with Gasteiger partial charge in [-0.1, -0.05) is 18.2 Å². The molecule has 1 aliphatic rings. The van der Waals surface area contributed by atoms with Crippen LogP contribution in [-0.2, 0) is 6.18 Å². The van der Waals surface area contributed by atoms with E-state index in [0.717, 1.165) is 18.7 Å². The Balaban J connectivity index is 1.60. The molecule has 1 N–H and O–H groups in total. The molecule has 1 fully saturated rings. The van der Waals surface area contributed by atoms with Crippen LogP contribution in [0.25, 0.3) is 0 Å². The first kappa shape index (κ1) is 16.3. The Hall–Kier alpha value is -2.57. The first-order valence-electron chi connectivity index (χ1n) is 7.57. The fourth-order valence-electron chi connectivity index (χ4n) is 2.69. The topological polar surface area (TPSA) is 45.2 Å². The lowest BCUT2D eigenvalue weighted by Gasteiger charge is -2.18. The number of hydrogen-bond acceptors (Lipinski definition) is 3. The monoisotopic (exact) mass is 335 g/mol. The number of carbonyl (C=O) groups is 1. The van der Waals surface area contributed by atoms with Crippen molar-refractivity contribution < 1.29 is 18.0 Å². The zero-order valence-corrected chi connectivity index (χ0v) is 12.8. The standard InChI is InChI=1S/C17H16F3N3O/c18-17(19,20)13-6-7-15(21-10-13)23-9-8-14(11-23)22-16(24)12-4-2-1-3-5-12/h1-7,10,14H,8-9,11H2,(H,22,24). The van der Waals surface area contributed by atoms with Crippen molar-refractivity contribution in [2.45, 2.75) is 18.6 Å². The Morgan fingerprint density at radius 3 is 2.54 bits per heavy atom. The number of nitrogens with zero attached hydrogens (tertiary/aromatic N) is 2. The summed E-state index contributed by atoms with van der Waals surface area (Å²) in [5.74, 6) is 0.335. The van der Waals surface area contributed by atoms with Crippen molar-refractivity contribution in [1.29, 1.82) is 0 Å². The van der Waals surface area contributed by atoms with Crippen LogP contribution in [0.3, 0.4) is 0 Å². The number of anilines is 1. The molecular formula is C17H16F3N3O. The predicted octanol–water partition coefficient (Wildman–Crippen LogP) is 3.11. The normalized spacial score (nSPS) is 17.8.